The molecule has 5 heteroatoms. The minimum atomic E-state index is -0.276. The van der Waals surface area contributed by atoms with E-state index in [1.807, 2.05) is 30.8 Å². The van der Waals surface area contributed by atoms with Gasteiger partial charge >= 0.3 is 0 Å². The first-order valence-electron chi connectivity index (χ1n) is 7.38. The van der Waals surface area contributed by atoms with Crippen molar-refractivity contribution in [3.8, 4) is 5.75 Å². The Labute approximate surface area is 125 Å². The SMILES string of the molecule is CCC(C(=O)N1CCC(Oc2ccc(F)cc2)C1)N(C)C. The monoisotopic (exact) mass is 294 g/mol. The smallest absolute Gasteiger partial charge is 0.240 e. The predicted octanol–water partition coefficient (Wildman–Crippen LogP) is 2.15. The van der Waals surface area contributed by atoms with Gasteiger partial charge in [0.15, 0.2) is 0 Å². The molecule has 1 aromatic rings. The van der Waals surface area contributed by atoms with Crippen LogP contribution in [0.1, 0.15) is 19.8 Å². The molecule has 0 bridgehead atoms. The zero-order chi connectivity index (χ0) is 15.4. The van der Waals surface area contributed by atoms with Gasteiger partial charge in [0, 0.05) is 13.0 Å². The predicted molar refractivity (Wildman–Crippen MR) is 79.8 cm³/mol. The summed E-state index contributed by atoms with van der Waals surface area (Å²) in [7, 11) is 3.85. The lowest BCUT2D eigenvalue weighted by Gasteiger charge is -2.27. The molecular weight excluding hydrogens is 271 g/mol. The maximum absolute atomic E-state index is 12.9. The summed E-state index contributed by atoms with van der Waals surface area (Å²) in [5, 5.41) is 0. The van der Waals surface area contributed by atoms with Crippen molar-refractivity contribution in [3.05, 3.63) is 30.1 Å². The number of carbonyl (C=O) groups is 1. The number of halogens is 1. The highest BCUT2D eigenvalue weighted by molar-refractivity contribution is 5.82. The molecular formula is C16H23FN2O2. The van der Waals surface area contributed by atoms with Crippen molar-refractivity contribution in [2.75, 3.05) is 27.2 Å². The molecule has 0 spiro atoms. The standard InChI is InChI=1S/C16H23FN2O2/c1-4-15(18(2)3)16(20)19-10-9-14(11-19)21-13-7-5-12(17)6-8-13/h5-8,14-15H,4,9-11H2,1-3H3. The van der Waals surface area contributed by atoms with Crippen LogP contribution in [-0.4, -0.2) is 55.0 Å². The fourth-order valence-electron chi connectivity index (χ4n) is 2.70. The van der Waals surface area contributed by atoms with E-state index in [0.29, 0.717) is 12.3 Å². The van der Waals surface area contributed by atoms with E-state index in [1.54, 1.807) is 12.1 Å². The first-order chi connectivity index (χ1) is 10.0. The van der Waals surface area contributed by atoms with Crippen molar-refractivity contribution >= 4 is 5.91 Å². The number of likely N-dealkylation sites (tertiary alicyclic amines) is 1. The fraction of sp³-hybridized carbons (Fsp3) is 0.562. The lowest BCUT2D eigenvalue weighted by atomic mass is 10.2. The van der Waals surface area contributed by atoms with Crippen molar-refractivity contribution in [2.24, 2.45) is 0 Å². The van der Waals surface area contributed by atoms with E-state index in [0.717, 1.165) is 19.4 Å². The van der Waals surface area contributed by atoms with E-state index in [9.17, 15) is 9.18 Å². The molecule has 1 heterocycles. The molecule has 1 aromatic carbocycles. The van der Waals surface area contributed by atoms with E-state index in [4.69, 9.17) is 4.74 Å². The topological polar surface area (TPSA) is 32.8 Å². The third kappa shape index (κ3) is 3.94. The van der Waals surface area contributed by atoms with Crippen LogP contribution in [0, 0.1) is 5.82 Å². The summed E-state index contributed by atoms with van der Waals surface area (Å²) < 4.78 is 18.7. The molecule has 21 heavy (non-hydrogen) atoms. The molecule has 0 N–H and O–H groups in total. The minimum absolute atomic E-state index is 0.0147. The molecule has 116 valence electrons. The quantitative estimate of drug-likeness (QED) is 0.834. The third-order valence-electron chi connectivity index (χ3n) is 3.87. The van der Waals surface area contributed by atoms with E-state index < -0.39 is 0 Å². The van der Waals surface area contributed by atoms with Gasteiger partial charge in [-0.3, -0.25) is 9.69 Å². The molecule has 4 nitrogen and oxygen atoms in total. The summed E-state index contributed by atoms with van der Waals surface area (Å²) in [6.07, 6.45) is 1.60. The summed E-state index contributed by atoms with van der Waals surface area (Å²) in [4.78, 5) is 16.3. The zero-order valence-corrected chi connectivity index (χ0v) is 12.9. The third-order valence-corrected chi connectivity index (χ3v) is 3.87. The highest BCUT2D eigenvalue weighted by Gasteiger charge is 2.31. The van der Waals surface area contributed by atoms with Crippen molar-refractivity contribution in [1.82, 2.24) is 9.80 Å². The Morgan fingerprint density at radius 2 is 2.10 bits per heavy atom. The Balaban J connectivity index is 1.91. The van der Waals surface area contributed by atoms with Crippen LogP contribution in [0.25, 0.3) is 0 Å². The van der Waals surface area contributed by atoms with E-state index >= 15 is 0 Å². The van der Waals surface area contributed by atoms with E-state index in [1.165, 1.54) is 12.1 Å². The Bertz CT molecular complexity index is 476. The largest absolute Gasteiger partial charge is 0.489 e. The van der Waals surface area contributed by atoms with Crippen molar-refractivity contribution in [3.63, 3.8) is 0 Å². The highest BCUT2D eigenvalue weighted by Crippen LogP contribution is 2.20. The van der Waals surface area contributed by atoms with Crippen molar-refractivity contribution in [2.45, 2.75) is 31.9 Å². The summed E-state index contributed by atoms with van der Waals surface area (Å²) in [5.74, 6) is 0.533. The van der Waals surface area contributed by atoms with Crippen LogP contribution in [0.4, 0.5) is 4.39 Å². The maximum Gasteiger partial charge on any atom is 0.240 e. The molecule has 1 amide bonds. The van der Waals surface area contributed by atoms with Crippen LogP contribution in [-0.2, 0) is 4.79 Å². The van der Waals surface area contributed by atoms with Crippen LogP contribution in [0.2, 0.25) is 0 Å². The molecule has 0 aromatic heterocycles. The molecule has 0 radical (unpaired) electrons. The fourth-order valence-corrected chi connectivity index (χ4v) is 2.70. The number of ether oxygens (including phenoxy) is 1. The van der Waals surface area contributed by atoms with Gasteiger partial charge in [-0.2, -0.15) is 0 Å². The second kappa shape index (κ2) is 6.89. The van der Waals surface area contributed by atoms with Gasteiger partial charge in [0.1, 0.15) is 17.7 Å². The Kier molecular flexibility index (Phi) is 5.17. The molecule has 1 saturated heterocycles. The number of benzene rings is 1. The Hall–Kier alpha value is -1.62. The first kappa shape index (κ1) is 15.8. The van der Waals surface area contributed by atoms with Crippen LogP contribution < -0.4 is 4.74 Å². The number of hydrogen-bond donors (Lipinski definition) is 0. The van der Waals surface area contributed by atoms with Crippen LogP contribution in [0.3, 0.4) is 0 Å². The summed E-state index contributed by atoms with van der Waals surface area (Å²) in [6.45, 7) is 3.33. The van der Waals surface area contributed by atoms with Gasteiger partial charge in [0.05, 0.1) is 12.6 Å². The first-order valence-corrected chi connectivity index (χ1v) is 7.38. The minimum Gasteiger partial charge on any atom is -0.489 e. The molecule has 2 rings (SSSR count). The number of amides is 1. The van der Waals surface area contributed by atoms with Gasteiger partial charge in [0.25, 0.3) is 0 Å². The summed E-state index contributed by atoms with van der Waals surface area (Å²) in [5.41, 5.74) is 0. The van der Waals surface area contributed by atoms with Crippen LogP contribution >= 0.6 is 0 Å². The van der Waals surface area contributed by atoms with Crippen molar-refractivity contribution in [1.29, 1.82) is 0 Å². The van der Waals surface area contributed by atoms with Gasteiger partial charge in [-0.15, -0.1) is 0 Å². The van der Waals surface area contributed by atoms with Gasteiger partial charge in [-0.25, -0.2) is 4.39 Å². The van der Waals surface area contributed by atoms with Gasteiger partial charge < -0.3 is 9.64 Å². The number of likely N-dealkylation sites (N-methyl/N-ethyl adjacent to an activating group) is 1. The Morgan fingerprint density at radius 1 is 1.43 bits per heavy atom. The zero-order valence-electron chi connectivity index (χ0n) is 12.9. The number of carbonyl (C=O) groups excluding carboxylic acids is 1. The average Bonchev–Trinajstić information content (AvgIpc) is 2.90. The molecule has 1 aliphatic heterocycles. The lowest BCUT2D eigenvalue weighted by Crippen LogP contribution is -2.45. The number of rotatable bonds is 5. The normalized spacial score (nSPS) is 19.9. The maximum atomic E-state index is 12.9. The Morgan fingerprint density at radius 3 is 2.67 bits per heavy atom. The summed E-state index contributed by atoms with van der Waals surface area (Å²) >= 11 is 0. The highest BCUT2D eigenvalue weighted by atomic mass is 19.1. The van der Waals surface area contributed by atoms with Crippen LogP contribution in [0.15, 0.2) is 24.3 Å². The molecule has 2 unspecified atom stereocenters. The second-order valence-corrected chi connectivity index (χ2v) is 5.65. The van der Waals surface area contributed by atoms with E-state index in [2.05, 4.69) is 0 Å². The van der Waals surface area contributed by atoms with Crippen molar-refractivity contribution < 1.29 is 13.9 Å². The molecule has 0 saturated carbocycles. The molecule has 2 atom stereocenters. The molecule has 1 fully saturated rings. The molecule has 1 aliphatic rings. The number of nitrogens with zero attached hydrogens (tertiary/aromatic N) is 2. The lowest BCUT2D eigenvalue weighted by molar-refractivity contribution is -0.135. The molecule has 0 aliphatic carbocycles. The van der Waals surface area contributed by atoms with Gasteiger partial charge in [-0.05, 0) is 44.8 Å². The second-order valence-electron chi connectivity index (χ2n) is 5.65. The summed E-state index contributed by atoms with van der Waals surface area (Å²) in [6, 6.07) is 5.93. The van der Waals surface area contributed by atoms with Gasteiger partial charge in [-0.1, -0.05) is 6.92 Å². The van der Waals surface area contributed by atoms with E-state index in [-0.39, 0.29) is 23.9 Å². The average molecular weight is 294 g/mol. The van der Waals surface area contributed by atoms with Gasteiger partial charge in [0.2, 0.25) is 5.91 Å². The number of hydrogen-bond acceptors (Lipinski definition) is 3. The van der Waals surface area contributed by atoms with Crippen LogP contribution in [0.5, 0.6) is 5.75 Å².